The van der Waals surface area contributed by atoms with Crippen molar-refractivity contribution in [2.45, 2.75) is 0 Å². The zero-order valence-corrected chi connectivity index (χ0v) is 13.2. The van der Waals surface area contributed by atoms with Crippen LogP contribution >= 0.6 is 12.4 Å². The van der Waals surface area contributed by atoms with Gasteiger partial charge in [0.05, 0.1) is 0 Å². The van der Waals surface area contributed by atoms with Gasteiger partial charge < -0.3 is 24.9 Å². The molecule has 4 nitrogen and oxygen atoms in total. The number of hydrogen-bond acceptors (Lipinski definition) is 4. The number of hydrogen-bond donors (Lipinski definition) is 4. The zero-order valence-electron chi connectivity index (χ0n) is 8.82. The molecule has 0 aliphatic heterocycles. The van der Waals surface area contributed by atoms with Gasteiger partial charge in [0.15, 0.2) is 0 Å². The summed E-state index contributed by atoms with van der Waals surface area (Å²) in [6.45, 7) is 0. The van der Waals surface area contributed by atoms with Gasteiger partial charge in [-0.3, -0.25) is 0 Å². The first-order chi connectivity index (χ1) is 2.00. The Morgan fingerprint density at radius 1 is 1.00 bits per heavy atom. The summed E-state index contributed by atoms with van der Waals surface area (Å²) < 4.78 is 0. The molecule has 0 radical (unpaired) electrons. The summed E-state index contributed by atoms with van der Waals surface area (Å²) in [7, 11) is -4.61. The molecule has 0 rings (SSSR count). The summed E-state index contributed by atoms with van der Waals surface area (Å²) >= 11 is 0. The van der Waals surface area contributed by atoms with Crippen LogP contribution in [0.15, 0.2) is 0 Å². The van der Waals surface area contributed by atoms with Crippen molar-refractivity contribution in [3.63, 3.8) is 0 Å². The molecule has 0 aromatic heterocycles. The van der Waals surface area contributed by atoms with E-state index in [0.717, 1.165) is 0 Å². The Hall–Kier alpha value is 3.00. The molecule has 4 N–H and O–H groups in total. The van der Waals surface area contributed by atoms with Crippen LogP contribution in [-0.4, -0.2) is 89.0 Å². The fraction of sp³-hybridized carbons (Fsp3) is 0. The Bertz CT molecular complexity index is 47.6. The summed E-state index contributed by atoms with van der Waals surface area (Å²) in [6, 6.07) is 0. The van der Waals surface area contributed by atoms with Gasteiger partial charge in [-0.2, -0.15) is 0 Å². The third kappa shape index (κ3) is 99.1. The molecule has 0 saturated carbocycles. The third-order valence-electron chi connectivity index (χ3n) is 0. The van der Waals surface area contributed by atoms with Crippen LogP contribution in [-0.2, 0) is 19.5 Å². The van der Waals surface area contributed by atoms with Crippen LogP contribution < -0.4 is 0 Å². The molecular weight excluding hydrogens is 257 g/mol. The molecule has 9 heavy (non-hydrogen) atoms. The van der Waals surface area contributed by atoms with E-state index in [1.54, 1.807) is 0 Å². The van der Waals surface area contributed by atoms with Crippen LogP contribution in [0.3, 0.4) is 0 Å². The van der Waals surface area contributed by atoms with Gasteiger partial charge in [-0.25, -0.2) is 0 Å². The fourth-order valence-corrected chi connectivity index (χ4v) is 0. The molecule has 9 heteroatoms. The average molecular weight is 266 g/mol. The molecule has 0 aliphatic carbocycles. The maximum absolute atomic E-state index is 7.33. The van der Waals surface area contributed by atoms with Crippen LogP contribution in [0.5, 0.6) is 0 Å². The Morgan fingerprint density at radius 2 is 1.00 bits per heavy atom. The predicted molar refractivity (Wildman–Crippen MR) is 37.8 cm³/mol. The first-order valence-electron chi connectivity index (χ1n) is 0.894. The van der Waals surface area contributed by atoms with Crippen LogP contribution in [0, 0.1) is 0 Å². The van der Waals surface area contributed by atoms with E-state index in [1.807, 2.05) is 0 Å². The van der Waals surface area contributed by atoms with Gasteiger partial charge in [0.1, 0.15) is 0 Å². The zero-order chi connectivity index (χ0) is 4.50. The van der Waals surface area contributed by atoms with Crippen molar-refractivity contribution < 1.29 is 44.4 Å². The summed E-state index contributed by atoms with van der Waals surface area (Å²) in [5.74, 6) is 0. The van der Waals surface area contributed by atoms with Crippen molar-refractivity contribution >= 4 is 82.2 Å². The van der Waals surface area contributed by atoms with Crippen molar-refractivity contribution in [3.8, 4) is 0 Å². The van der Waals surface area contributed by atoms with E-state index in [9.17, 15) is 0 Å². The Labute approximate surface area is 125 Å². The van der Waals surface area contributed by atoms with Crippen LogP contribution in [0.2, 0.25) is 0 Å². The topological polar surface area (TPSA) is 80.9 Å². The SMILES string of the molecule is Cl.O[Si](O)(O)O.[Ca+2].[H-].[H-].[H-].[H-].[Mg+2].[Zn]. The van der Waals surface area contributed by atoms with Gasteiger partial charge in [-0.1, -0.05) is 0 Å². The second kappa shape index (κ2) is 13.6. The second-order valence-corrected chi connectivity index (χ2v) is 1.80. The van der Waals surface area contributed by atoms with Crippen molar-refractivity contribution in [1.82, 2.24) is 0 Å². The monoisotopic (exact) mass is 264 g/mol. The van der Waals surface area contributed by atoms with Crippen LogP contribution in [0.1, 0.15) is 5.71 Å². The van der Waals surface area contributed by atoms with Crippen molar-refractivity contribution in [3.05, 3.63) is 0 Å². The normalized spacial score (nSPS) is 6.67. The van der Waals surface area contributed by atoms with Crippen LogP contribution in [0.4, 0.5) is 0 Å². The fourth-order valence-electron chi connectivity index (χ4n) is 0. The maximum Gasteiger partial charge on any atom is 2.00 e. The Balaban J connectivity index is -0.00000000286. The van der Waals surface area contributed by atoms with Crippen molar-refractivity contribution in [2.24, 2.45) is 0 Å². The molecule has 0 heterocycles. The minimum Gasteiger partial charge on any atom is -1.00 e. The minimum atomic E-state index is -4.61. The molecule has 0 atom stereocenters. The Morgan fingerprint density at radius 3 is 1.00 bits per heavy atom. The predicted octanol–water partition coefficient (Wildman–Crippen LogP) is -2.50. The van der Waals surface area contributed by atoms with E-state index in [0.29, 0.717) is 0 Å². The number of rotatable bonds is 0. The molecule has 0 aliphatic rings. The van der Waals surface area contributed by atoms with E-state index in [-0.39, 0.29) is 98.4 Å². The molecule has 0 spiro atoms. The van der Waals surface area contributed by atoms with E-state index >= 15 is 0 Å². The molecule has 0 aromatic rings. The van der Waals surface area contributed by atoms with E-state index in [2.05, 4.69) is 0 Å². The van der Waals surface area contributed by atoms with Crippen molar-refractivity contribution in [1.29, 1.82) is 0 Å². The quantitative estimate of drug-likeness (QED) is 0.365. The average Bonchev–Trinajstić information content (AvgIpc) is 0.722. The summed E-state index contributed by atoms with van der Waals surface area (Å²) in [4.78, 5) is 29.3. The van der Waals surface area contributed by atoms with Gasteiger partial charge in [0.25, 0.3) is 0 Å². The third-order valence-corrected chi connectivity index (χ3v) is 0. The molecule has 0 saturated heterocycles. The molecule has 0 fully saturated rings. The summed E-state index contributed by atoms with van der Waals surface area (Å²) in [5, 5.41) is 0. The maximum atomic E-state index is 7.33. The van der Waals surface area contributed by atoms with Crippen molar-refractivity contribution in [2.75, 3.05) is 0 Å². The van der Waals surface area contributed by atoms with Crippen LogP contribution in [0.25, 0.3) is 0 Å². The molecule has 0 amide bonds. The first-order valence-corrected chi connectivity index (χ1v) is 2.68. The number of halogens is 1. The first kappa shape index (κ1) is 29.6. The molecule has 0 aromatic carbocycles. The summed E-state index contributed by atoms with van der Waals surface area (Å²) in [6.07, 6.45) is 0. The van der Waals surface area contributed by atoms with Gasteiger partial charge in [0.2, 0.25) is 0 Å². The van der Waals surface area contributed by atoms with E-state index in [1.165, 1.54) is 0 Å². The van der Waals surface area contributed by atoms with Gasteiger partial charge in [-0.05, 0) is 0 Å². The largest absolute Gasteiger partial charge is 2.00 e. The second-order valence-electron chi connectivity index (χ2n) is 0.600. The van der Waals surface area contributed by atoms with E-state index in [4.69, 9.17) is 19.2 Å². The molecular formula is H9CaClMgO4SiZn. The van der Waals surface area contributed by atoms with Gasteiger partial charge in [-0.15, -0.1) is 12.4 Å². The Kier molecular flexibility index (Phi) is 44.7. The molecule has 0 bridgehead atoms. The molecule has 50 valence electrons. The smallest absolute Gasteiger partial charge is 1.00 e. The summed E-state index contributed by atoms with van der Waals surface area (Å²) in [5.41, 5.74) is 0. The van der Waals surface area contributed by atoms with Gasteiger partial charge >= 0.3 is 69.8 Å². The van der Waals surface area contributed by atoms with E-state index < -0.39 is 9.05 Å². The van der Waals surface area contributed by atoms with Gasteiger partial charge in [0, 0.05) is 19.5 Å². The standard InChI is InChI=1S/Ca.ClH.Mg.H4O4Si.Zn.4H/c;;;1-5(2,3)4;;;;;/h;1H;;1-4H;;;;;/q+2;;+2;;;4*-1. The minimum absolute atomic E-state index is 0. The molecule has 0 unspecified atom stereocenters.